The zero-order valence-electron chi connectivity index (χ0n) is 12.0. The number of hydrogen-bond acceptors (Lipinski definition) is 4. The molecule has 2 aromatic carbocycles. The maximum Gasteiger partial charge on any atom is 0.264 e. The van der Waals surface area contributed by atoms with Gasteiger partial charge in [0, 0.05) is 0 Å². The van der Waals surface area contributed by atoms with Crippen molar-refractivity contribution in [1.29, 1.82) is 0 Å². The van der Waals surface area contributed by atoms with Crippen LogP contribution in [0.2, 0.25) is 0 Å². The van der Waals surface area contributed by atoms with Gasteiger partial charge in [-0.05, 0) is 39.2 Å². The number of anilines is 1. The van der Waals surface area contributed by atoms with Gasteiger partial charge in [-0.3, -0.25) is 10.1 Å². The second-order valence-corrected chi connectivity index (χ2v) is 5.54. The number of aromatic nitrogens is 3. The summed E-state index contributed by atoms with van der Waals surface area (Å²) < 4.78 is 6.30. The summed E-state index contributed by atoms with van der Waals surface area (Å²) in [5.74, 6) is 0.565. The van der Waals surface area contributed by atoms with Crippen LogP contribution in [0.1, 0.15) is 0 Å². The fraction of sp³-hybridized carbons (Fsp3) is 0.0625. The van der Waals surface area contributed by atoms with Crippen LogP contribution >= 0.6 is 15.9 Å². The van der Waals surface area contributed by atoms with Crippen molar-refractivity contribution < 1.29 is 9.53 Å². The van der Waals surface area contributed by atoms with Crippen LogP contribution < -0.4 is 10.1 Å². The highest BCUT2D eigenvalue weighted by Crippen LogP contribution is 2.30. The number of ether oxygens (including phenoxy) is 1. The molecule has 0 aliphatic carbocycles. The summed E-state index contributed by atoms with van der Waals surface area (Å²) in [7, 11) is 0. The summed E-state index contributed by atoms with van der Waals surface area (Å²) in [5, 5.41) is 8.73. The topological polar surface area (TPSA) is 79.9 Å². The molecule has 0 bridgehead atoms. The summed E-state index contributed by atoms with van der Waals surface area (Å²) in [4.78, 5) is 15.6. The third-order valence-corrected chi connectivity index (χ3v) is 3.69. The molecule has 0 saturated carbocycles. The Morgan fingerprint density at radius 1 is 1.17 bits per heavy atom. The molecule has 0 aliphatic rings. The van der Waals surface area contributed by atoms with Crippen molar-refractivity contribution in [2.75, 3.05) is 11.9 Å². The van der Waals surface area contributed by atoms with E-state index in [-0.39, 0.29) is 18.5 Å². The van der Waals surface area contributed by atoms with Gasteiger partial charge in [-0.1, -0.05) is 36.4 Å². The summed E-state index contributed by atoms with van der Waals surface area (Å²) >= 11 is 3.47. The van der Waals surface area contributed by atoms with Crippen molar-refractivity contribution in [2.45, 2.75) is 0 Å². The number of benzene rings is 2. The van der Waals surface area contributed by atoms with Gasteiger partial charge < -0.3 is 4.74 Å². The Labute approximate surface area is 141 Å². The molecule has 7 heteroatoms. The molecule has 1 aromatic heterocycles. The molecule has 0 atom stereocenters. The third-order valence-electron chi connectivity index (χ3n) is 3.07. The van der Waals surface area contributed by atoms with E-state index in [9.17, 15) is 4.79 Å². The van der Waals surface area contributed by atoms with Crippen LogP contribution in [0, 0.1) is 0 Å². The Bertz CT molecular complexity index is 791. The monoisotopic (exact) mass is 372 g/mol. The Balaban J connectivity index is 1.63. The molecule has 23 heavy (non-hydrogen) atoms. The lowest BCUT2D eigenvalue weighted by Gasteiger charge is -2.09. The highest BCUT2D eigenvalue weighted by Gasteiger charge is 2.08. The smallest absolute Gasteiger partial charge is 0.264 e. The normalized spacial score (nSPS) is 10.3. The van der Waals surface area contributed by atoms with Crippen molar-refractivity contribution in [1.82, 2.24) is 15.2 Å². The first kappa shape index (κ1) is 15.2. The standard InChI is InChI=1S/C16H13BrN4O2/c17-13-8-12(11-4-2-1-3-5-11)6-7-14(13)23-9-15(22)20-16-18-10-19-21-16/h1-8,10H,9H2,(H2,18,19,20,21,22). The zero-order chi connectivity index (χ0) is 16.1. The van der Waals surface area contributed by atoms with Crippen LogP contribution in [-0.4, -0.2) is 27.7 Å². The number of H-pyrrole nitrogens is 1. The van der Waals surface area contributed by atoms with Gasteiger partial charge in [-0.25, -0.2) is 5.10 Å². The summed E-state index contributed by atoms with van der Waals surface area (Å²) in [5.41, 5.74) is 2.18. The number of carbonyl (C=O) groups is 1. The second kappa shape index (κ2) is 7.06. The number of aromatic amines is 1. The van der Waals surface area contributed by atoms with Gasteiger partial charge in [0.05, 0.1) is 4.47 Å². The molecule has 2 N–H and O–H groups in total. The Morgan fingerprint density at radius 3 is 2.70 bits per heavy atom. The van der Waals surface area contributed by atoms with E-state index in [1.165, 1.54) is 6.33 Å². The van der Waals surface area contributed by atoms with Gasteiger partial charge in [0.1, 0.15) is 12.1 Å². The van der Waals surface area contributed by atoms with E-state index in [4.69, 9.17) is 4.74 Å². The van der Waals surface area contributed by atoms with Crippen LogP contribution in [-0.2, 0) is 4.79 Å². The van der Waals surface area contributed by atoms with Crippen molar-refractivity contribution in [3.05, 3.63) is 59.3 Å². The number of hydrogen-bond donors (Lipinski definition) is 2. The lowest BCUT2D eigenvalue weighted by atomic mass is 10.1. The lowest BCUT2D eigenvalue weighted by Crippen LogP contribution is -2.21. The van der Waals surface area contributed by atoms with E-state index in [0.29, 0.717) is 5.75 Å². The van der Waals surface area contributed by atoms with Crippen LogP contribution in [0.25, 0.3) is 11.1 Å². The van der Waals surface area contributed by atoms with E-state index >= 15 is 0 Å². The highest BCUT2D eigenvalue weighted by atomic mass is 79.9. The largest absolute Gasteiger partial charge is 0.483 e. The molecule has 1 amide bonds. The maximum absolute atomic E-state index is 11.7. The number of amides is 1. The van der Waals surface area contributed by atoms with Crippen molar-refractivity contribution in [3.63, 3.8) is 0 Å². The predicted molar refractivity (Wildman–Crippen MR) is 90.1 cm³/mol. The van der Waals surface area contributed by atoms with Gasteiger partial charge in [-0.15, -0.1) is 0 Å². The minimum atomic E-state index is -0.319. The Morgan fingerprint density at radius 2 is 2.00 bits per heavy atom. The van der Waals surface area contributed by atoms with Gasteiger partial charge in [0.15, 0.2) is 6.61 Å². The van der Waals surface area contributed by atoms with Gasteiger partial charge >= 0.3 is 0 Å². The van der Waals surface area contributed by atoms with Gasteiger partial charge in [-0.2, -0.15) is 10.1 Å². The number of nitrogens with one attached hydrogen (secondary N) is 2. The number of nitrogens with zero attached hydrogens (tertiary/aromatic N) is 2. The average molecular weight is 373 g/mol. The molecule has 0 radical (unpaired) electrons. The fourth-order valence-corrected chi connectivity index (χ4v) is 2.50. The van der Waals surface area contributed by atoms with Crippen molar-refractivity contribution >= 4 is 27.8 Å². The molecule has 3 aromatic rings. The maximum atomic E-state index is 11.7. The SMILES string of the molecule is O=C(COc1ccc(-c2ccccc2)cc1Br)Nc1ncn[nH]1. The number of halogens is 1. The molecule has 0 unspecified atom stereocenters. The number of carbonyl (C=O) groups excluding carboxylic acids is 1. The van der Waals surface area contributed by atoms with E-state index in [0.717, 1.165) is 15.6 Å². The van der Waals surface area contributed by atoms with Crippen LogP contribution in [0.3, 0.4) is 0 Å². The summed E-state index contributed by atoms with van der Waals surface area (Å²) in [6.45, 7) is -0.121. The van der Waals surface area contributed by atoms with Gasteiger partial charge in [0.2, 0.25) is 5.95 Å². The molecular weight excluding hydrogens is 360 g/mol. The molecule has 0 aliphatic heterocycles. The molecule has 0 saturated heterocycles. The Hall–Kier alpha value is -2.67. The number of rotatable bonds is 5. The van der Waals surface area contributed by atoms with Gasteiger partial charge in [0.25, 0.3) is 5.91 Å². The fourth-order valence-electron chi connectivity index (χ4n) is 2.01. The van der Waals surface area contributed by atoms with Crippen molar-refractivity contribution in [2.24, 2.45) is 0 Å². The molecule has 0 fully saturated rings. The van der Waals surface area contributed by atoms with Crippen LogP contribution in [0.4, 0.5) is 5.95 Å². The minimum Gasteiger partial charge on any atom is -0.483 e. The molecular formula is C16H13BrN4O2. The first-order valence-electron chi connectivity index (χ1n) is 6.85. The first-order valence-corrected chi connectivity index (χ1v) is 7.64. The van der Waals surface area contributed by atoms with E-state index in [2.05, 4.69) is 36.4 Å². The third kappa shape index (κ3) is 3.95. The second-order valence-electron chi connectivity index (χ2n) is 4.68. The quantitative estimate of drug-likeness (QED) is 0.720. The summed E-state index contributed by atoms with van der Waals surface area (Å²) in [6, 6.07) is 15.8. The van der Waals surface area contributed by atoms with Crippen LogP contribution in [0.15, 0.2) is 59.3 Å². The highest BCUT2D eigenvalue weighted by molar-refractivity contribution is 9.10. The predicted octanol–water partition coefficient (Wildman–Crippen LogP) is 3.25. The first-order chi connectivity index (χ1) is 11.2. The Kier molecular flexibility index (Phi) is 4.68. The molecule has 3 rings (SSSR count). The molecule has 116 valence electrons. The molecule has 6 nitrogen and oxygen atoms in total. The zero-order valence-corrected chi connectivity index (χ0v) is 13.6. The van der Waals surface area contributed by atoms with E-state index in [1.54, 1.807) is 0 Å². The molecule has 0 spiro atoms. The lowest BCUT2D eigenvalue weighted by molar-refractivity contribution is -0.118. The molecule has 1 heterocycles. The van der Waals surface area contributed by atoms with E-state index < -0.39 is 0 Å². The van der Waals surface area contributed by atoms with E-state index in [1.807, 2.05) is 48.5 Å². The average Bonchev–Trinajstić information content (AvgIpc) is 3.07. The van der Waals surface area contributed by atoms with Crippen LogP contribution in [0.5, 0.6) is 5.75 Å². The minimum absolute atomic E-state index is 0.121. The summed E-state index contributed by atoms with van der Waals surface area (Å²) in [6.07, 6.45) is 1.31. The van der Waals surface area contributed by atoms with Crippen molar-refractivity contribution in [3.8, 4) is 16.9 Å².